The number of rotatable bonds is 4. The van der Waals surface area contributed by atoms with Crippen LogP contribution in [0.15, 0.2) is 24.5 Å². The van der Waals surface area contributed by atoms with Crippen molar-refractivity contribution in [2.24, 2.45) is 0 Å². The molecule has 0 aliphatic rings. The van der Waals surface area contributed by atoms with Crippen LogP contribution in [0.4, 0.5) is 5.69 Å². The Morgan fingerprint density at radius 3 is 2.88 bits per heavy atom. The van der Waals surface area contributed by atoms with Crippen molar-refractivity contribution in [3.63, 3.8) is 0 Å². The second kappa shape index (κ2) is 4.65. The van der Waals surface area contributed by atoms with Gasteiger partial charge in [0.1, 0.15) is 17.9 Å². The van der Waals surface area contributed by atoms with E-state index in [0.717, 1.165) is 24.2 Å². The first-order valence-corrected chi connectivity index (χ1v) is 5.06. The van der Waals surface area contributed by atoms with Crippen LogP contribution in [0.25, 0.3) is 0 Å². The van der Waals surface area contributed by atoms with E-state index in [0.29, 0.717) is 11.4 Å². The number of aryl methyl sites for hydroxylation is 2. The van der Waals surface area contributed by atoms with Crippen LogP contribution in [-0.4, -0.2) is 22.3 Å². The Kier molecular flexibility index (Phi) is 3.05. The van der Waals surface area contributed by atoms with Crippen LogP contribution >= 0.6 is 0 Å². The van der Waals surface area contributed by atoms with Crippen molar-refractivity contribution in [1.82, 2.24) is 15.2 Å². The topological polar surface area (TPSA) is 76.8 Å². The summed E-state index contributed by atoms with van der Waals surface area (Å²) < 4.78 is 5.10. The van der Waals surface area contributed by atoms with E-state index in [1.54, 1.807) is 7.11 Å². The van der Waals surface area contributed by atoms with Gasteiger partial charge >= 0.3 is 0 Å². The minimum absolute atomic E-state index is 0.664. The fourth-order valence-corrected chi connectivity index (χ4v) is 1.55. The van der Waals surface area contributed by atoms with E-state index in [2.05, 4.69) is 15.2 Å². The third-order valence-corrected chi connectivity index (χ3v) is 2.41. The molecule has 0 aliphatic heterocycles. The molecule has 0 unspecified atom stereocenters. The van der Waals surface area contributed by atoms with Crippen molar-refractivity contribution < 1.29 is 4.74 Å². The molecule has 0 radical (unpaired) electrons. The molecule has 84 valence electrons. The monoisotopic (exact) mass is 218 g/mol. The van der Waals surface area contributed by atoms with E-state index in [-0.39, 0.29) is 0 Å². The molecule has 5 nitrogen and oxygen atoms in total. The number of H-pyrrole nitrogens is 1. The Bertz CT molecular complexity index is 453. The van der Waals surface area contributed by atoms with E-state index in [1.807, 2.05) is 18.2 Å². The minimum atomic E-state index is 0.664. The number of hydrogen-bond donors (Lipinski definition) is 2. The number of ether oxygens (including phenoxy) is 1. The summed E-state index contributed by atoms with van der Waals surface area (Å²) >= 11 is 0. The highest BCUT2D eigenvalue weighted by atomic mass is 16.5. The van der Waals surface area contributed by atoms with Crippen LogP contribution in [-0.2, 0) is 12.8 Å². The third kappa shape index (κ3) is 2.31. The lowest BCUT2D eigenvalue weighted by Gasteiger charge is -2.06. The normalized spacial score (nSPS) is 10.3. The molecular weight excluding hydrogens is 204 g/mol. The number of benzene rings is 1. The summed E-state index contributed by atoms with van der Waals surface area (Å²) in [5.41, 5.74) is 7.65. The van der Waals surface area contributed by atoms with Crippen LogP contribution in [0.1, 0.15) is 11.4 Å². The average molecular weight is 218 g/mol. The Labute approximate surface area is 93.7 Å². The van der Waals surface area contributed by atoms with Crippen LogP contribution in [0.2, 0.25) is 0 Å². The van der Waals surface area contributed by atoms with Gasteiger partial charge in [-0.05, 0) is 24.1 Å². The van der Waals surface area contributed by atoms with E-state index in [4.69, 9.17) is 10.5 Å². The van der Waals surface area contributed by atoms with E-state index in [9.17, 15) is 0 Å². The Morgan fingerprint density at radius 2 is 2.25 bits per heavy atom. The molecule has 0 amide bonds. The molecule has 1 aromatic carbocycles. The molecule has 0 saturated heterocycles. The molecule has 16 heavy (non-hydrogen) atoms. The van der Waals surface area contributed by atoms with Crippen LogP contribution in [0.5, 0.6) is 5.75 Å². The number of aromatic nitrogens is 3. The first-order valence-electron chi connectivity index (χ1n) is 5.06. The van der Waals surface area contributed by atoms with Gasteiger partial charge in [0.25, 0.3) is 0 Å². The number of nitrogens with two attached hydrogens (primary N) is 1. The summed E-state index contributed by atoms with van der Waals surface area (Å²) in [5, 5.41) is 6.63. The van der Waals surface area contributed by atoms with Gasteiger partial charge in [-0.2, -0.15) is 5.10 Å². The van der Waals surface area contributed by atoms with Crippen molar-refractivity contribution in [1.29, 1.82) is 0 Å². The number of nitrogen functional groups attached to an aromatic ring is 1. The zero-order chi connectivity index (χ0) is 11.4. The Morgan fingerprint density at radius 1 is 1.38 bits per heavy atom. The van der Waals surface area contributed by atoms with Gasteiger partial charge in [0, 0.05) is 6.42 Å². The second-order valence-corrected chi connectivity index (χ2v) is 3.51. The van der Waals surface area contributed by atoms with Gasteiger partial charge in [0.05, 0.1) is 12.8 Å². The van der Waals surface area contributed by atoms with Crippen molar-refractivity contribution in [3.05, 3.63) is 35.9 Å². The SMILES string of the molecule is COc1ccc(CCc2ncn[nH]2)cc1N. The van der Waals surface area contributed by atoms with E-state index < -0.39 is 0 Å². The molecule has 0 fully saturated rings. The summed E-state index contributed by atoms with van der Waals surface area (Å²) in [6.07, 6.45) is 3.22. The maximum atomic E-state index is 5.82. The standard InChI is InChI=1S/C11H14N4O/c1-16-10-4-2-8(6-9(10)12)3-5-11-13-7-14-15-11/h2,4,6-7H,3,5,12H2,1H3,(H,13,14,15). The third-order valence-electron chi connectivity index (χ3n) is 2.41. The smallest absolute Gasteiger partial charge is 0.141 e. The lowest BCUT2D eigenvalue weighted by molar-refractivity contribution is 0.417. The van der Waals surface area contributed by atoms with Crippen LogP contribution in [0, 0.1) is 0 Å². The number of aromatic amines is 1. The minimum Gasteiger partial charge on any atom is -0.495 e. The summed E-state index contributed by atoms with van der Waals surface area (Å²) in [4.78, 5) is 4.06. The van der Waals surface area contributed by atoms with Gasteiger partial charge in [0.15, 0.2) is 0 Å². The summed E-state index contributed by atoms with van der Waals surface area (Å²) in [7, 11) is 1.61. The lowest BCUT2D eigenvalue weighted by atomic mass is 10.1. The fourth-order valence-electron chi connectivity index (χ4n) is 1.55. The number of hydrogen-bond acceptors (Lipinski definition) is 4. The van der Waals surface area contributed by atoms with Crippen molar-refractivity contribution in [2.75, 3.05) is 12.8 Å². The highest BCUT2D eigenvalue weighted by molar-refractivity contribution is 5.54. The average Bonchev–Trinajstić information content (AvgIpc) is 2.79. The number of nitrogens with zero attached hydrogens (tertiary/aromatic N) is 2. The zero-order valence-corrected chi connectivity index (χ0v) is 9.10. The van der Waals surface area contributed by atoms with Gasteiger partial charge in [-0.25, -0.2) is 4.98 Å². The molecule has 2 aromatic rings. The van der Waals surface area contributed by atoms with E-state index in [1.165, 1.54) is 6.33 Å². The van der Waals surface area contributed by atoms with Crippen molar-refractivity contribution in [3.8, 4) is 5.75 Å². The Balaban J connectivity index is 2.02. The van der Waals surface area contributed by atoms with Crippen molar-refractivity contribution >= 4 is 5.69 Å². The molecule has 3 N–H and O–H groups in total. The maximum Gasteiger partial charge on any atom is 0.141 e. The molecule has 0 spiro atoms. The predicted octanol–water partition coefficient (Wildman–Crippen LogP) is 1.18. The van der Waals surface area contributed by atoms with Gasteiger partial charge in [-0.1, -0.05) is 6.07 Å². The number of methoxy groups -OCH3 is 1. The lowest BCUT2D eigenvalue weighted by Crippen LogP contribution is -1.97. The molecule has 2 rings (SSSR count). The van der Waals surface area contributed by atoms with Crippen LogP contribution < -0.4 is 10.5 Å². The molecule has 0 bridgehead atoms. The fraction of sp³-hybridized carbons (Fsp3) is 0.273. The molecule has 1 aromatic heterocycles. The molecule has 0 aliphatic carbocycles. The van der Waals surface area contributed by atoms with Gasteiger partial charge in [-0.15, -0.1) is 0 Å². The molecule has 5 heteroatoms. The maximum absolute atomic E-state index is 5.82. The quantitative estimate of drug-likeness (QED) is 0.755. The van der Waals surface area contributed by atoms with Crippen molar-refractivity contribution in [2.45, 2.75) is 12.8 Å². The molecule has 0 atom stereocenters. The zero-order valence-electron chi connectivity index (χ0n) is 9.10. The summed E-state index contributed by atoms with van der Waals surface area (Å²) in [6, 6.07) is 5.81. The number of anilines is 1. The van der Waals surface area contributed by atoms with Crippen LogP contribution in [0.3, 0.4) is 0 Å². The first-order chi connectivity index (χ1) is 7.79. The second-order valence-electron chi connectivity index (χ2n) is 3.51. The number of nitrogens with one attached hydrogen (secondary N) is 1. The summed E-state index contributed by atoms with van der Waals surface area (Å²) in [6.45, 7) is 0. The summed E-state index contributed by atoms with van der Waals surface area (Å²) in [5.74, 6) is 1.60. The molecule has 0 saturated carbocycles. The first kappa shape index (κ1) is 10.5. The molecular formula is C11H14N4O. The van der Waals surface area contributed by atoms with Gasteiger partial charge in [-0.3, -0.25) is 5.10 Å². The van der Waals surface area contributed by atoms with E-state index >= 15 is 0 Å². The predicted molar refractivity (Wildman–Crippen MR) is 61.2 cm³/mol. The highest BCUT2D eigenvalue weighted by Crippen LogP contribution is 2.22. The van der Waals surface area contributed by atoms with Gasteiger partial charge in [0.2, 0.25) is 0 Å². The Hall–Kier alpha value is -2.04. The largest absolute Gasteiger partial charge is 0.495 e. The highest BCUT2D eigenvalue weighted by Gasteiger charge is 2.02. The van der Waals surface area contributed by atoms with Gasteiger partial charge < -0.3 is 10.5 Å². The molecule has 1 heterocycles.